The highest BCUT2D eigenvalue weighted by molar-refractivity contribution is 5.68. The first kappa shape index (κ1) is 11.4. The van der Waals surface area contributed by atoms with Gasteiger partial charge in [0.2, 0.25) is 0 Å². The van der Waals surface area contributed by atoms with Crippen molar-refractivity contribution in [3.8, 4) is 12.1 Å². The van der Waals surface area contributed by atoms with Crippen LogP contribution in [0.25, 0.3) is 0 Å². The number of benzene rings is 1. The van der Waals surface area contributed by atoms with Gasteiger partial charge in [-0.15, -0.1) is 0 Å². The molecule has 0 bridgehead atoms. The third kappa shape index (κ3) is 2.06. The third-order valence-electron chi connectivity index (χ3n) is 2.69. The molecule has 0 atom stereocenters. The zero-order valence-corrected chi connectivity index (χ0v) is 9.11. The monoisotopic (exact) mass is 231 g/mol. The van der Waals surface area contributed by atoms with E-state index in [0.29, 0.717) is 37.6 Å². The molecule has 0 spiro atoms. The van der Waals surface area contributed by atoms with E-state index in [4.69, 9.17) is 15.3 Å². The number of anilines is 1. The number of hydrogen-bond acceptors (Lipinski definition) is 4. The van der Waals surface area contributed by atoms with Gasteiger partial charge in [0.15, 0.2) is 0 Å². The number of nitriles is 2. The maximum atomic E-state index is 13.5. The zero-order valence-electron chi connectivity index (χ0n) is 9.11. The first-order chi connectivity index (χ1) is 8.27. The summed E-state index contributed by atoms with van der Waals surface area (Å²) in [5.74, 6) is -0.590. The summed E-state index contributed by atoms with van der Waals surface area (Å²) < 4.78 is 18.7. The van der Waals surface area contributed by atoms with E-state index >= 15 is 0 Å². The van der Waals surface area contributed by atoms with Crippen molar-refractivity contribution in [1.29, 1.82) is 10.5 Å². The van der Waals surface area contributed by atoms with Crippen LogP contribution in [0.2, 0.25) is 0 Å². The van der Waals surface area contributed by atoms with Crippen LogP contribution < -0.4 is 4.90 Å². The van der Waals surface area contributed by atoms with E-state index in [1.54, 1.807) is 0 Å². The second kappa shape index (κ2) is 4.82. The number of halogens is 1. The fraction of sp³-hybridized carbons (Fsp3) is 0.333. The number of nitrogens with zero attached hydrogens (tertiary/aromatic N) is 3. The lowest BCUT2D eigenvalue weighted by molar-refractivity contribution is 0.122. The average molecular weight is 231 g/mol. The van der Waals surface area contributed by atoms with Crippen LogP contribution in [0.4, 0.5) is 10.1 Å². The highest BCUT2D eigenvalue weighted by Crippen LogP contribution is 2.27. The molecule has 1 aliphatic heterocycles. The molecule has 86 valence electrons. The molecule has 1 aliphatic rings. The molecule has 0 aliphatic carbocycles. The Bertz CT molecular complexity index is 510. The van der Waals surface area contributed by atoms with Crippen molar-refractivity contribution in [2.45, 2.75) is 0 Å². The molecule has 4 nitrogen and oxygen atoms in total. The van der Waals surface area contributed by atoms with Gasteiger partial charge in [-0.05, 0) is 12.1 Å². The summed E-state index contributed by atoms with van der Waals surface area (Å²) in [4.78, 5) is 1.82. The predicted molar refractivity (Wildman–Crippen MR) is 58.9 cm³/mol. The second-order valence-corrected chi connectivity index (χ2v) is 3.64. The molecular formula is C12H10FN3O. The summed E-state index contributed by atoms with van der Waals surface area (Å²) in [6.07, 6.45) is 0. The highest BCUT2D eigenvalue weighted by Gasteiger charge is 2.21. The number of rotatable bonds is 1. The maximum Gasteiger partial charge on any atom is 0.143 e. The number of morpholine rings is 1. The Hall–Kier alpha value is -2.11. The maximum absolute atomic E-state index is 13.5. The lowest BCUT2D eigenvalue weighted by Crippen LogP contribution is -2.37. The predicted octanol–water partition coefficient (Wildman–Crippen LogP) is 1.41. The van der Waals surface area contributed by atoms with Crippen molar-refractivity contribution in [3.05, 3.63) is 29.1 Å². The molecule has 5 heteroatoms. The van der Waals surface area contributed by atoms with Crippen LogP contribution >= 0.6 is 0 Å². The Labute approximate surface area is 98.4 Å². The molecule has 0 radical (unpaired) electrons. The molecule has 1 aromatic rings. The molecule has 0 N–H and O–H groups in total. The summed E-state index contributed by atoms with van der Waals surface area (Å²) in [5, 5.41) is 18.0. The minimum atomic E-state index is -0.590. The Balaban J connectivity index is 2.53. The van der Waals surface area contributed by atoms with Crippen molar-refractivity contribution >= 4 is 5.69 Å². The van der Waals surface area contributed by atoms with Gasteiger partial charge in [-0.25, -0.2) is 4.39 Å². The minimum Gasteiger partial charge on any atom is -0.378 e. The number of hydrogen-bond donors (Lipinski definition) is 0. The van der Waals surface area contributed by atoms with Crippen molar-refractivity contribution in [1.82, 2.24) is 0 Å². The summed E-state index contributed by atoms with van der Waals surface area (Å²) in [5.41, 5.74) is 0.647. The van der Waals surface area contributed by atoms with E-state index in [0.717, 1.165) is 6.07 Å². The van der Waals surface area contributed by atoms with E-state index in [-0.39, 0.29) is 5.56 Å². The first-order valence-corrected chi connectivity index (χ1v) is 5.23. The minimum absolute atomic E-state index is 0.0639. The molecule has 0 aromatic heterocycles. The van der Waals surface area contributed by atoms with E-state index in [1.807, 2.05) is 17.0 Å². The summed E-state index contributed by atoms with van der Waals surface area (Å²) >= 11 is 0. The van der Waals surface area contributed by atoms with Gasteiger partial charge in [0.25, 0.3) is 0 Å². The molecule has 0 amide bonds. The van der Waals surface area contributed by atoms with Gasteiger partial charge in [0, 0.05) is 13.1 Å². The Morgan fingerprint density at radius 3 is 2.47 bits per heavy atom. The smallest absolute Gasteiger partial charge is 0.143 e. The lowest BCUT2D eigenvalue weighted by Gasteiger charge is -2.30. The lowest BCUT2D eigenvalue weighted by atomic mass is 10.1. The Kier molecular flexibility index (Phi) is 3.22. The van der Waals surface area contributed by atoms with E-state index < -0.39 is 5.82 Å². The standard InChI is InChI=1S/C12H10FN3O/c13-11-2-1-9(7-14)12(10(11)8-15)16-3-5-17-6-4-16/h1-2H,3-6H2. The van der Waals surface area contributed by atoms with Crippen LogP contribution in [0.15, 0.2) is 12.1 Å². The molecule has 1 heterocycles. The van der Waals surface area contributed by atoms with Crippen LogP contribution in [0.3, 0.4) is 0 Å². The van der Waals surface area contributed by atoms with Crippen LogP contribution in [0.1, 0.15) is 11.1 Å². The van der Waals surface area contributed by atoms with E-state index in [2.05, 4.69) is 0 Å². The normalized spacial score (nSPS) is 15.1. The van der Waals surface area contributed by atoms with Crippen molar-refractivity contribution in [2.24, 2.45) is 0 Å². The summed E-state index contributed by atoms with van der Waals surface area (Å²) in [6.45, 7) is 2.16. The van der Waals surface area contributed by atoms with Gasteiger partial charge < -0.3 is 9.64 Å². The zero-order chi connectivity index (χ0) is 12.3. The van der Waals surface area contributed by atoms with Crippen LogP contribution in [-0.4, -0.2) is 26.3 Å². The first-order valence-electron chi connectivity index (χ1n) is 5.23. The fourth-order valence-corrected chi connectivity index (χ4v) is 1.88. The second-order valence-electron chi connectivity index (χ2n) is 3.64. The highest BCUT2D eigenvalue weighted by atomic mass is 19.1. The van der Waals surface area contributed by atoms with Crippen LogP contribution in [0, 0.1) is 28.5 Å². The molecule has 2 rings (SSSR count). The quantitative estimate of drug-likeness (QED) is 0.733. The van der Waals surface area contributed by atoms with Gasteiger partial charge in [0.1, 0.15) is 23.5 Å². The van der Waals surface area contributed by atoms with E-state index in [9.17, 15) is 4.39 Å². The van der Waals surface area contributed by atoms with Crippen molar-refractivity contribution < 1.29 is 9.13 Å². The Morgan fingerprint density at radius 1 is 1.18 bits per heavy atom. The topological polar surface area (TPSA) is 60.0 Å². The SMILES string of the molecule is N#Cc1ccc(F)c(C#N)c1N1CCOCC1. The molecule has 0 saturated carbocycles. The van der Waals surface area contributed by atoms with Crippen LogP contribution in [-0.2, 0) is 4.74 Å². The van der Waals surface area contributed by atoms with Gasteiger partial charge in [-0.1, -0.05) is 0 Å². The molecular weight excluding hydrogens is 221 g/mol. The van der Waals surface area contributed by atoms with Gasteiger partial charge in [-0.2, -0.15) is 10.5 Å². The average Bonchev–Trinajstić information content (AvgIpc) is 2.39. The van der Waals surface area contributed by atoms with Crippen LogP contribution in [0.5, 0.6) is 0 Å². The summed E-state index contributed by atoms with van der Waals surface area (Å²) in [6, 6.07) is 6.38. The summed E-state index contributed by atoms with van der Waals surface area (Å²) in [7, 11) is 0. The molecule has 1 aromatic carbocycles. The van der Waals surface area contributed by atoms with Gasteiger partial charge in [-0.3, -0.25) is 0 Å². The van der Waals surface area contributed by atoms with Gasteiger partial charge in [0.05, 0.1) is 24.5 Å². The van der Waals surface area contributed by atoms with Gasteiger partial charge >= 0.3 is 0 Å². The molecule has 0 unspecified atom stereocenters. The fourth-order valence-electron chi connectivity index (χ4n) is 1.88. The molecule has 1 saturated heterocycles. The third-order valence-corrected chi connectivity index (χ3v) is 2.69. The Morgan fingerprint density at radius 2 is 1.88 bits per heavy atom. The van der Waals surface area contributed by atoms with E-state index in [1.165, 1.54) is 6.07 Å². The molecule has 1 fully saturated rings. The largest absolute Gasteiger partial charge is 0.378 e. The molecule has 17 heavy (non-hydrogen) atoms. The van der Waals surface area contributed by atoms with Crippen molar-refractivity contribution in [2.75, 3.05) is 31.2 Å². The van der Waals surface area contributed by atoms with Crippen molar-refractivity contribution in [3.63, 3.8) is 0 Å². The number of ether oxygens (including phenoxy) is 1.